The minimum atomic E-state index is 0.0700. The molecule has 1 heterocycles. The highest BCUT2D eigenvalue weighted by Gasteiger charge is 2.21. The summed E-state index contributed by atoms with van der Waals surface area (Å²) in [5.41, 5.74) is 6.14. The summed E-state index contributed by atoms with van der Waals surface area (Å²) in [4.78, 5) is 1.30. The number of nitrogens with two attached hydrogens (primary N) is 1. The molecule has 0 amide bonds. The Labute approximate surface area is 104 Å². The first-order valence-corrected chi connectivity index (χ1v) is 6.68. The monoisotopic (exact) mass is 291 g/mol. The molecule has 1 rings (SSSR count). The second-order valence-electron chi connectivity index (χ2n) is 4.02. The second kappa shape index (κ2) is 5.99. The Morgan fingerprint density at radius 2 is 2.13 bits per heavy atom. The van der Waals surface area contributed by atoms with Crippen molar-refractivity contribution in [2.24, 2.45) is 11.7 Å². The Bertz CT molecular complexity index is 301. The zero-order valence-corrected chi connectivity index (χ0v) is 11.8. The summed E-state index contributed by atoms with van der Waals surface area (Å²) in [6, 6.07) is 4.24. The van der Waals surface area contributed by atoms with E-state index in [0.29, 0.717) is 5.92 Å². The maximum atomic E-state index is 6.14. The van der Waals surface area contributed by atoms with Gasteiger partial charge in [0.25, 0.3) is 0 Å². The average Bonchev–Trinajstić information content (AvgIpc) is 2.51. The molecule has 0 saturated heterocycles. The highest BCUT2D eigenvalue weighted by atomic mass is 79.9. The second-order valence-corrected chi connectivity index (χ2v) is 6.57. The van der Waals surface area contributed by atoms with Crippen molar-refractivity contribution in [1.82, 2.24) is 0 Å². The van der Waals surface area contributed by atoms with Crippen LogP contribution in [-0.2, 0) is 11.2 Å². The first-order valence-electron chi connectivity index (χ1n) is 5.07. The summed E-state index contributed by atoms with van der Waals surface area (Å²) < 4.78 is 6.58. The van der Waals surface area contributed by atoms with Crippen LogP contribution in [-0.4, -0.2) is 19.3 Å². The molecule has 86 valence electrons. The lowest BCUT2D eigenvalue weighted by atomic mass is 9.97. The van der Waals surface area contributed by atoms with Crippen LogP contribution in [0.4, 0.5) is 0 Å². The lowest BCUT2D eigenvalue weighted by Crippen LogP contribution is -2.41. The molecule has 0 aliphatic carbocycles. The predicted octanol–water partition coefficient (Wildman–Crippen LogP) is 3.05. The van der Waals surface area contributed by atoms with Gasteiger partial charge in [-0.15, -0.1) is 11.3 Å². The van der Waals surface area contributed by atoms with E-state index < -0.39 is 0 Å². The number of thiophene rings is 1. The molecule has 2 atom stereocenters. The van der Waals surface area contributed by atoms with Crippen molar-refractivity contribution in [3.05, 3.63) is 20.8 Å². The molecule has 1 aromatic rings. The summed E-state index contributed by atoms with van der Waals surface area (Å²) in [5.74, 6) is 0.452. The number of hydrogen-bond donors (Lipinski definition) is 1. The first kappa shape index (κ1) is 13.2. The molecule has 2 unspecified atom stereocenters. The minimum Gasteiger partial charge on any atom is -0.380 e. The van der Waals surface area contributed by atoms with Gasteiger partial charge < -0.3 is 10.5 Å². The molecule has 1 aromatic heterocycles. The fourth-order valence-corrected chi connectivity index (χ4v) is 3.31. The van der Waals surface area contributed by atoms with Gasteiger partial charge in [-0.05, 0) is 40.4 Å². The van der Waals surface area contributed by atoms with E-state index in [9.17, 15) is 0 Å². The molecular formula is C11H18BrNOS. The van der Waals surface area contributed by atoms with Crippen molar-refractivity contribution in [3.8, 4) is 0 Å². The van der Waals surface area contributed by atoms with Crippen molar-refractivity contribution in [2.75, 3.05) is 7.11 Å². The van der Waals surface area contributed by atoms with Crippen LogP contribution in [0.5, 0.6) is 0 Å². The molecule has 2 nitrogen and oxygen atoms in total. The molecule has 0 spiro atoms. The van der Waals surface area contributed by atoms with Crippen molar-refractivity contribution in [2.45, 2.75) is 32.4 Å². The van der Waals surface area contributed by atoms with E-state index in [1.165, 1.54) is 4.88 Å². The molecule has 0 radical (unpaired) electrons. The Morgan fingerprint density at radius 3 is 2.53 bits per heavy atom. The van der Waals surface area contributed by atoms with Crippen molar-refractivity contribution < 1.29 is 4.74 Å². The molecule has 2 N–H and O–H groups in total. The molecule has 0 bridgehead atoms. The van der Waals surface area contributed by atoms with Gasteiger partial charge in [0.05, 0.1) is 9.89 Å². The quantitative estimate of drug-likeness (QED) is 0.905. The van der Waals surface area contributed by atoms with Crippen LogP contribution in [0.15, 0.2) is 15.9 Å². The SMILES string of the molecule is COC(C(C)C)C(N)Cc1ccc(Br)s1. The molecule has 0 aromatic carbocycles. The van der Waals surface area contributed by atoms with E-state index in [0.717, 1.165) is 10.2 Å². The van der Waals surface area contributed by atoms with Crippen LogP contribution in [0, 0.1) is 5.92 Å². The summed E-state index contributed by atoms with van der Waals surface area (Å²) in [7, 11) is 1.73. The molecule has 0 aliphatic heterocycles. The zero-order chi connectivity index (χ0) is 11.4. The zero-order valence-electron chi connectivity index (χ0n) is 9.37. The van der Waals surface area contributed by atoms with Gasteiger partial charge >= 0.3 is 0 Å². The fraction of sp³-hybridized carbons (Fsp3) is 0.636. The molecule has 0 saturated carbocycles. The van der Waals surface area contributed by atoms with Crippen LogP contribution >= 0.6 is 27.3 Å². The Balaban J connectivity index is 2.57. The Kier molecular flexibility index (Phi) is 5.26. The van der Waals surface area contributed by atoms with Crippen LogP contribution in [0.2, 0.25) is 0 Å². The molecule has 0 fully saturated rings. The van der Waals surface area contributed by atoms with Gasteiger partial charge in [0, 0.05) is 18.0 Å². The van der Waals surface area contributed by atoms with Gasteiger partial charge in [-0.2, -0.15) is 0 Å². The fourth-order valence-electron chi connectivity index (χ4n) is 1.75. The third kappa shape index (κ3) is 3.87. The normalized spacial score (nSPS) is 15.6. The van der Waals surface area contributed by atoms with Gasteiger partial charge in [0.15, 0.2) is 0 Å². The van der Waals surface area contributed by atoms with Crippen molar-refractivity contribution in [1.29, 1.82) is 0 Å². The first-order chi connectivity index (χ1) is 7.04. The van der Waals surface area contributed by atoms with E-state index >= 15 is 0 Å². The van der Waals surface area contributed by atoms with E-state index in [4.69, 9.17) is 10.5 Å². The maximum Gasteiger partial charge on any atom is 0.0748 e. The molecular weight excluding hydrogens is 274 g/mol. The molecule has 4 heteroatoms. The molecule has 0 aliphatic rings. The van der Waals surface area contributed by atoms with Crippen LogP contribution in [0.3, 0.4) is 0 Å². The van der Waals surface area contributed by atoms with Gasteiger partial charge in [0.1, 0.15) is 0 Å². The van der Waals surface area contributed by atoms with Gasteiger partial charge in [-0.1, -0.05) is 13.8 Å². The number of ether oxygens (including phenoxy) is 1. The number of halogens is 1. The van der Waals surface area contributed by atoms with Crippen molar-refractivity contribution in [3.63, 3.8) is 0 Å². The number of methoxy groups -OCH3 is 1. The Hall–Kier alpha value is 0.1000. The van der Waals surface area contributed by atoms with E-state index in [2.05, 4.69) is 41.9 Å². The van der Waals surface area contributed by atoms with E-state index in [-0.39, 0.29) is 12.1 Å². The number of hydrogen-bond acceptors (Lipinski definition) is 3. The summed E-state index contributed by atoms with van der Waals surface area (Å²) in [5, 5.41) is 0. The summed E-state index contributed by atoms with van der Waals surface area (Å²) >= 11 is 5.19. The number of rotatable bonds is 5. The lowest BCUT2D eigenvalue weighted by molar-refractivity contribution is 0.0443. The van der Waals surface area contributed by atoms with Crippen molar-refractivity contribution >= 4 is 27.3 Å². The highest BCUT2D eigenvalue weighted by Crippen LogP contribution is 2.24. The summed E-state index contributed by atoms with van der Waals surface area (Å²) in [6.07, 6.45) is 1.01. The molecule has 15 heavy (non-hydrogen) atoms. The lowest BCUT2D eigenvalue weighted by Gasteiger charge is -2.25. The maximum absolute atomic E-state index is 6.14. The highest BCUT2D eigenvalue weighted by molar-refractivity contribution is 9.11. The van der Waals surface area contributed by atoms with E-state index in [1.807, 2.05) is 0 Å². The predicted molar refractivity (Wildman–Crippen MR) is 69.3 cm³/mol. The van der Waals surface area contributed by atoms with Gasteiger partial charge in [-0.25, -0.2) is 0 Å². The largest absolute Gasteiger partial charge is 0.380 e. The Morgan fingerprint density at radius 1 is 1.47 bits per heavy atom. The van der Waals surface area contributed by atoms with Crippen LogP contribution in [0.1, 0.15) is 18.7 Å². The standard InChI is InChI=1S/C11H18BrNOS/c1-7(2)11(14-3)9(13)6-8-4-5-10(12)15-8/h4-5,7,9,11H,6,13H2,1-3H3. The smallest absolute Gasteiger partial charge is 0.0748 e. The minimum absolute atomic E-state index is 0.0700. The van der Waals surface area contributed by atoms with Crippen LogP contribution in [0.25, 0.3) is 0 Å². The van der Waals surface area contributed by atoms with E-state index in [1.54, 1.807) is 18.4 Å². The third-order valence-corrected chi connectivity index (χ3v) is 4.06. The third-order valence-electron chi connectivity index (χ3n) is 2.42. The van der Waals surface area contributed by atoms with Gasteiger partial charge in [0.2, 0.25) is 0 Å². The summed E-state index contributed by atoms with van der Waals surface area (Å²) in [6.45, 7) is 4.27. The van der Waals surface area contributed by atoms with Crippen LogP contribution < -0.4 is 5.73 Å². The van der Waals surface area contributed by atoms with Gasteiger partial charge in [-0.3, -0.25) is 0 Å². The average molecular weight is 292 g/mol. The topological polar surface area (TPSA) is 35.2 Å².